The van der Waals surface area contributed by atoms with Gasteiger partial charge in [-0.2, -0.15) is 0 Å². The van der Waals surface area contributed by atoms with Gasteiger partial charge in [-0.1, -0.05) is 29.8 Å². The van der Waals surface area contributed by atoms with Gasteiger partial charge in [0.05, 0.1) is 19.8 Å². The van der Waals surface area contributed by atoms with Gasteiger partial charge in [0, 0.05) is 24.0 Å². The van der Waals surface area contributed by atoms with Crippen molar-refractivity contribution in [1.82, 2.24) is 10.2 Å². The van der Waals surface area contributed by atoms with E-state index in [9.17, 15) is 4.79 Å². The number of hydrogen-bond acceptors (Lipinski definition) is 4. The Labute approximate surface area is 170 Å². The SMILES string of the molecule is O=C(CN1CCCC1c1ccc2c(c1)OCCCO2)NCc1cccc(Cl)c1. The number of ether oxygens (including phenoxy) is 2. The van der Waals surface area contributed by atoms with E-state index in [1.165, 1.54) is 5.56 Å². The molecule has 4 rings (SSSR count). The number of halogens is 1. The van der Waals surface area contributed by atoms with Crippen LogP contribution in [-0.2, 0) is 11.3 Å². The van der Waals surface area contributed by atoms with Gasteiger partial charge in [0.15, 0.2) is 11.5 Å². The molecule has 2 aliphatic heterocycles. The number of nitrogens with zero attached hydrogens (tertiary/aromatic N) is 1. The maximum atomic E-state index is 12.5. The van der Waals surface area contributed by atoms with Crippen LogP contribution in [0.2, 0.25) is 5.02 Å². The number of rotatable bonds is 5. The second-order valence-corrected chi connectivity index (χ2v) is 7.73. The zero-order chi connectivity index (χ0) is 19.3. The van der Waals surface area contributed by atoms with Gasteiger partial charge in [-0.25, -0.2) is 0 Å². The third-order valence-electron chi connectivity index (χ3n) is 5.25. The van der Waals surface area contributed by atoms with Gasteiger partial charge in [-0.3, -0.25) is 9.69 Å². The summed E-state index contributed by atoms with van der Waals surface area (Å²) in [4.78, 5) is 14.7. The lowest BCUT2D eigenvalue weighted by Crippen LogP contribution is -2.36. The van der Waals surface area contributed by atoms with Crippen molar-refractivity contribution in [3.05, 3.63) is 58.6 Å². The Balaban J connectivity index is 1.38. The molecule has 0 aliphatic carbocycles. The summed E-state index contributed by atoms with van der Waals surface area (Å²) in [5, 5.41) is 3.68. The number of fused-ring (bicyclic) bond motifs is 1. The summed E-state index contributed by atoms with van der Waals surface area (Å²) in [5.74, 6) is 1.65. The van der Waals surface area contributed by atoms with Crippen LogP contribution in [0.3, 0.4) is 0 Å². The average molecular weight is 401 g/mol. The van der Waals surface area contributed by atoms with Crippen LogP contribution in [0.15, 0.2) is 42.5 Å². The minimum atomic E-state index is 0.0289. The molecule has 5 nitrogen and oxygen atoms in total. The van der Waals surface area contributed by atoms with Crippen LogP contribution >= 0.6 is 11.6 Å². The first-order valence-electron chi connectivity index (χ1n) is 9.84. The van der Waals surface area contributed by atoms with Gasteiger partial charge in [-0.15, -0.1) is 0 Å². The molecule has 1 fully saturated rings. The fraction of sp³-hybridized carbons (Fsp3) is 0.409. The largest absolute Gasteiger partial charge is 0.490 e. The minimum Gasteiger partial charge on any atom is -0.490 e. The third kappa shape index (κ3) is 4.59. The van der Waals surface area contributed by atoms with Crippen LogP contribution in [0.1, 0.15) is 36.4 Å². The van der Waals surface area contributed by atoms with Crippen LogP contribution in [0.25, 0.3) is 0 Å². The predicted molar refractivity (Wildman–Crippen MR) is 109 cm³/mol. The van der Waals surface area contributed by atoms with Crippen LogP contribution < -0.4 is 14.8 Å². The fourth-order valence-corrected chi connectivity index (χ4v) is 4.08. The maximum absolute atomic E-state index is 12.5. The molecular weight excluding hydrogens is 376 g/mol. The summed E-state index contributed by atoms with van der Waals surface area (Å²) in [7, 11) is 0. The molecule has 1 N–H and O–H groups in total. The fourth-order valence-electron chi connectivity index (χ4n) is 3.87. The number of likely N-dealkylation sites (tertiary alicyclic amines) is 1. The first-order chi connectivity index (χ1) is 13.7. The molecule has 28 heavy (non-hydrogen) atoms. The van der Waals surface area contributed by atoms with E-state index < -0.39 is 0 Å². The molecule has 148 valence electrons. The molecule has 2 aromatic carbocycles. The summed E-state index contributed by atoms with van der Waals surface area (Å²) < 4.78 is 11.6. The highest BCUT2D eigenvalue weighted by Crippen LogP contribution is 2.37. The van der Waals surface area contributed by atoms with Crippen LogP contribution in [0.4, 0.5) is 0 Å². The molecule has 0 aromatic heterocycles. The van der Waals surface area contributed by atoms with Gasteiger partial charge in [0.2, 0.25) is 5.91 Å². The van der Waals surface area contributed by atoms with Crippen molar-refractivity contribution >= 4 is 17.5 Å². The Kier molecular flexibility index (Phi) is 6.03. The summed E-state index contributed by atoms with van der Waals surface area (Å²) in [5.41, 5.74) is 2.19. The van der Waals surface area contributed by atoms with E-state index in [1.54, 1.807) is 0 Å². The van der Waals surface area contributed by atoms with Crippen molar-refractivity contribution in [2.75, 3.05) is 26.3 Å². The van der Waals surface area contributed by atoms with Crippen LogP contribution in [0.5, 0.6) is 11.5 Å². The molecule has 1 saturated heterocycles. The molecule has 2 heterocycles. The van der Waals surface area contributed by atoms with Crippen molar-refractivity contribution in [3.63, 3.8) is 0 Å². The lowest BCUT2D eigenvalue weighted by atomic mass is 10.0. The van der Waals surface area contributed by atoms with Crippen molar-refractivity contribution in [1.29, 1.82) is 0 Å². The smallest absolute Gasteiger partial charge is 0.234 e. The van der Waals surface area contributed by atoms with E-state index >= 15 is 0 Å². The van der Waals surface area contributed by atoms with Gasteiger partial charge in [0.25, 0.3) is 0 Å². The maximum Gasteiger partial charge on any atom is 0.234 e. The molecule has 0 saturated carbocycles. The van der Waals surface area contributed by atoms with Gasteiger partial charge in [0.1, 0.15) is 0 Å². The van der Waals surface area contributed by atoms with Gasteiger partial charge in [-0.05, 0) is 54.8 Å². The van der Waals surface area contributed by atoms with Crippen molar-refractivity contribution in [2.24, 2.45) is 0 Å². The molecule has 0 bridgehead atoms. The predicted octanol–water partition coefficient (Wildman–Crippen LogP) is 3.95. The number of hydrogen-bond donors (Lipinski definition) is 1. The minimum absolute atomic E-state index is 0.0289. The monoisotopic (exact) mass is 400 g/mol. The molecule has 0 radical (unpaired) electrons. The van der Waals surface area contributed by atoms with E-state index in [2.05, 4.69) is 22.3 Å². The topological polar surface area (TPSA) is 50.8 Å². The number of carbonyl (C=O) groups excluding carboxylic acids is 1. The first-order valence-corrected chi connectivity index (χ1v) is 10.2. The van der Waals surface area contributed by atoms with E-state index in [0.717, 1.165) is 42.9 Å². The zero-order valence-electron chi connectivity index (χ0n) is 15.8. The van der Waals surface area contributed by atoms with Crippen LogP contribution in [-0.4, -0.2) is 37.1 Å². The molecule has 1 amide bonds. The number of benzene rings is 2. The molecular formula is C22H25ClN2O3. The Morgan fingerprint density at radius 3 is 2.82 bits per heavy atom. The van der Waals surface area contributed by atoms with Crippen molar-refractivity contribution in [3.8, 4) is 11.5 Å². The number of nitrogens with one attached hydrogen (secondary N) is 1. The first kappa shape index (κ1) is 19.1. The van der Waals surface area contributed by atoms with E-state index in [0.29, 0.717) is 31.3 Å². The standard InChI is InChI=1S/C22H25ClN2O3/c23-18-5-1-4-16(12-18)14-24-22(26)15-25-9-2-6-19(25)17-7-8-20-21(13-17)28-11-3-10-27-20/h1,4-5,7-8,12-13,19H,2-3,6,9-11,14-15H2,(H,24,26). The van der Waals surface area contributed by atoms with E-state index in [-0.39, 0.29) is 11.9 Å². The molecule has 1 atom stereocenters. The Bertz CT molecular complexity index is 842. The average Bonchev–Trinajstić information content (AvgIpc) is 3.02. The Morgan fingerprint density at radius 2 is 1.96 bits per heavy atom. The van der Waals surface area contributed by atoms with E-state index in [4.69, 9.17) is 21.1 Å². The molecule has 2 aliphatic rings. The summed E-state index contributed by atoms with van der Waals surface area (Å²) >= 11 is 6.01. The highest BCUT2D eigenvalue weighted by molar-refractivity contribution is 6.30. The Morgan fingerprint density at radius 1 is 1.11 bits per heavy atom. The van der Waals surface area contributed by atoms with Gasteiger partial charge < -0.3 is 14.8 Å². The zero-order valence-corrected chi connectivity index (χ0v) is 16.6. The lowest BCUT2D eigenvalue weighted by molar-refractivity contribution is -0.122. The Hall–Kier alpha value is -2.24. The summed E-state index contributed by atoms with van der Waals surface area (Å²) in [6, 6.07) is 14.0. The number of carbonyl (C=O) groups is 1. The summed E-state index contributed by atoms with van der Waals surface area (Å²) in [6.45, 7) is 3.16. The normalized spacial score (nSPS) is 19.2. The van der Waals surface area contributed by atoms with E-state index in [1.807, 2.05) is 30.3 Å². The van der Waals surface area contributed by atoms with Crippen molar-refractivity contribution < 1.29 is 14.3 Å². The highest BCUT2D eigenvalue weighted by atomic mass is 35.5. The molecule has 6 heteroatoms. The lowest BCUT2D eigenvalue weighted by Gasteiger charge is -2.25. The van der Waals surface area contributed by atoms with Gasteiger partial charge >= 0.3 is 0 Å². The third-order valence-corrected chi connectivity index (χ3v) is 5.48. The van der Waals surface area contributed by atoms with Crippen molar-refractivity contribution in [2.45, 2.75) is 31.8 Å². The molecule has 2 aromatic rings. The molecule has 1 unspecified atom stereocenters. The molecule has 0 spiro atoms. The highest BCUT2D eigenvalue weighted by Gasteiger charge is 2.28. The second kappa shape index (κ2) is 8.84. The second-order valence-electron chi connectivity index (χ2n) is 7.29. The number of amides is 1. The van der Waals surface area contributed by atoms with Crippen LogP contribution in [0, 0.1) is 0 Å². The quantitative estimate of drug-likeness (QED) is 0.825. The summed E-state index contributed by atoms with van der Waals surface area (Å²) in [6.07, 6.45) is 3.02.